The SMILES string of the molecule is Fc1ccc(NCCSc2nnc3n2CCCCC3)cc1. The summed E-state index contributed by atoms with van der Waals surface area (Å²) in [7, 11) is 0. The number of thioether (sulfide) groups is 1. The van der Waals surface area contributed by atoms with E-state index in [9.17, 15) is 4.39 Å². The summed E-state index contributed by atoms with van der Waals surface area (Å²) < 4.78 is 15.1. The molecule has 2 aromatic rings. The highest BCUT2D eigenvalue weighted by Gasteiger charge is 2.14. The minimum atomic E-state index is -0.207. The van der Waals surface area contributed by atoms with Crippen LogP contribution in [-0.4, -0.2) is 27.1 Å². The largest absolute Gasteiger partial charge is 0.384 e. The van der Waals surface area contributed by atoms with Crippen LogP contribution in [0.5, 0.6) is 0 Å². The maximum atomic E-state index is 12.8. The van der Waals surface area contributed by atoms with Gasteiger partial charge in [-0.3, -0.25) is 0 Å². The second-order valence-corrected chi connectivity index (χ2v) is 6.21. The predicted octanol–water partition coefficient (Wildman–Crippen LogP) is 3.35. The van der Waals surface area contributed by atoms with Crippen LogP contribution in [0, 0.1) is 5.82 Å². The van der Waals surface area contributed by atoms with Crippen LogP contribution in [0.4, 0.5) is 10.1 Å². The third-order valence-corrected chi connectivity index (χ3v) is 4.55. The zero-order valence-electron chi connectivity index (χ0n) is 11.9. The summed E-state index contributed by atoms with van der Waals surface area (Å²) in [5.41, 5.74) is 0.942. The molecular formula is C15H19FN4S. The molecule has 1 aromatic heterocycles. The first-order valence-electron chi connectivity index (χ1n) is 7.37. The van der Waals surface area contributed by atoms with Crippen molar-refractivity contribution in [3.05, 3.63) is 35.9 Å². The molecule has 112 valence electrons. The number of aromatic nitrogens is 3. The molecule has 3 rings (SSSR count). The van der Waals surface area contributed by atoms with Gasteiger partial charge < -0.3 is 9.88 Å². The zero-order valence-corrected chi connectivity index (χ0v) is 12.7. The lowest BCUT2D eigenvalue weighted by atomic mass is 10.2. The Hall–Kier alpha value is -1.56. The van der Waals surface area contributed by atoms with E-state index in [1.54, 1.807) is 23.9 Å². The number of benzene rings is 1. The van der Waals surface area contributed by atoms with Gasteiger partial charge in [-0.05, 0) is 37.1 Å². The zero-order chi connectivity index (χ0) is 14.5. The number of rotatable bonds is 5. The van der Waals surface area contributed by atoms with Crippen LogP contribution >= 0.6 is 11.8 Å². The molecule has 4 nitrogen and oxygen atoms in total. The lowest BCUT2D eigenvalue weighted by Gasteiger charge is -2.08. The summed E-state index contributed by atoms with van der Waals surface area (Å²) in [5, 5.41) is 12.9. The summed E-state index contributed by atoms with van der Waals surface area (Å²) in [6.07, 6.45) is 4.75. The molecule has 1 aromatic carbocycles. The van der Waals surface area contributed by atoms with Gasteiger partial charge in [-0.25, -0.2) is 4.39 Å². The Kier molecular flexibility index (Phi) is 4.75. The Bertz CT molecular complexity index is 582. The highest BCUT2D eigenvalue weighted by molar-refractivity contribution is 7.99. The molecule has 21 heavy (non-hydrogen) atoms. The van der Waals surface area contributed by atoms with Gasteiger partial charge in [-0.1, -0.05) is 18.2 Å². The highest BCUT2D eigenvalue weighted by Crippen LogP contribution is 2.21. The third-order valence-electron chi connectivity index (χ3n) is 3.58. The summed E-state index contributed by atoms with van der Waals surface area (Å²) >= 11 is 1.73. The summed E-state index contributed by atoms with van der Waals surface area (Å²) in [6, 6.07) is 6.44. The third kappa shape index (κ3) is 3.75. The van der Waals surface area contributed by atoms with Gasteiger partial charge in [0.15, 0.2) is 5.16 Å². The van der Waals surface area contributed by atoms with Gasteiger partial charge in [0.1, 0.15) is 11.6 Å². The van der Waals surface area contributed by atoms with Crippen molar-refractivity contribution < 1.29 is 4.39 Å². The molecule has 0 spiro atoms. The molecule has 0 saturated heterocycles. The van der Waals surface area contributed by atoms with E-state index < -0.39 is 0 Å². The van der Waals surface area contributed by atoms with Crippen molar-refractivity contribution in [3.63, 3.8) is 0 Å². The molecule has 6 heteroatoms. The molecular weight excluding hydrogens is 287 g/mol. The lowest BCUT2D eigenvalue weighted by Crippen LogP contribution is -2.06. The second-order valence-electron chi connectivity index (χ2n) is 5.14. The number of fused-ring (bicyclic) bond motifs is 1. The second kappa shape index (κ2) is 6.93. The summed E-state index contributed by atoms with van der Waals surface area (Å²) in [5.74, 6) is 1.83. The van der Waals surface area contributed by atoms with E-state index in [1.165, 1.54) is 31.4 Å². The minimum Gasteiger partial charge on any atom is -0.384 e. The van der Waals surface area contributed by atoms with Gasteiger partial charge in [0, 0.05) is 31.0 Å². The van der Waals surface area contributed by atoms with Crippen LogP contribution in [0.15, 0.2) is 29.4 Å². The summed E-state index contributed by atoms with van der Waals surface area (Å²) in [4.78, 5) is 0. The van der Waals surface area contributed by atoms with Crippen molar-refractivity contribution in [2.75, 3.05) is 17.6 Å². The predicted molar refractivity (Wildman–Crippen MR) is 83.2 cm³/mol. The smallest absolute Gasteiger partial charge is 0.191 e. The number of aryl methyl sites for hydroxylation is 1. The van der Waals surface area contributed by atoms with E-state index in [0.717, 1.165) is 41.9 Å². The number of hydrogen-bond acceptors (Lipinski definition) is 4. The van der Waals surface area contributed by atoms with E-state index in [2.05, 4.69) is 20.1 Å². The van der Waals surface area contributed by atoms with Crippen LogP contribution in [0.25, 0.3) is 0 Å². The van der Waals surface area contributed by atoms with E-state index >= 15 is 0 Å². The quantitative estimate of drug-likeness (QED) is 0.679. The van der Waals surface area contributed by atoms with Crippen LogP contribution < -0.4 is 5.32 Å². The summed E-state index contributed by atoms with van der Waals surface area (Å²) in [6.45, 7) is 1.86. The maximum Gasteiger partial charge on any atom is 0.191 e. The Morgan fingerprint density at radius 2 is 2.00 bits per heavy atom. The van der Waals surface area contributed by atoms with Gasteiger partial charge in [0.05, 0.1) is 0 Å². The van der Waals surface area contributed by atoms with E-state index in [0.29, 0.717) is 0 Å². The average molecular weight is 306 g/mol. The van der Waals surface area contributed by atoms with Gasteiger partial charge in [-0.2, -0.15) is 0 Å². The van der Waals surface area contributed by atoms with Crippen molar-refractivity contribution in [2.45, 2.75) is 37.4 Å². The number of halogens is 1. The minimum absolute atomic E-state index is 0.207. The first kappa shape index (κ1) is 14.4. The standard InChI is InChI=1S/C15H19FN4S/c16-12-5-7-13(8-6-12)17-9-11-21-15-19-18-14-4-2-1-3-10-20(14)15/h5-8,17H,1-4,9-11H2. The molecule has 0 unspecified atom stereocenters. The topological polar surface area (TPSA) is 42.7 Å². The first-order valence-corrected chi connectivity index (χ1v) is 8.36. The van der Waals surface area contributed by atoms with E-state index in [4.69, 9.17) is 0 Å². The monoisotopic (exact) mass is 306 g/mol. The fourth-order valence-corrected chi connectivity index (χ4v) is 3.31. The maximum absolute atomic E-state index is 12.8. The fourth-order valence-electron chi connectivity index (χ4n) is 2.47. The van der Waals surface area contributed by atoms with Crippen LogP contribution in [0.2, 0.25) is 0 Å². The van der Waals surface area contributed by atoms with Crippen LogP contribution in [-0.2, 0) is 13.0 Å². The normalized spacial score (nSPS) is 14.5. The molecule has 0 atom stereocenters. The van der Waals surface area contributed by atoms with Crippen LogP contribution in [0.3, 0.4) is 0 Å². The molecule has 1 aliphatic rings. The number of nitrogens with one attached hydrogen (secondary N) is 1. The molecule has 0 fully saturated rings. The molecule has 1 N–H and O–H groups in total. The number of hydrogen-bond donors (Lipinski definition) is 1. The van der Waals surface area contributed by atoms with E-state index in [-0.39, 0.29) is 5.82 Å². The molecule has 0 saturated carbocycles. The van der Waals surface area contributed by atoms with Gasteiger partial charge in [-0.15, -0.1) is 10.2 Å². The van der Waals surface area contributed by atoms with Crippen molar-refractivity contribution >= 4 is 17.4 Å². The first-order chi connectivity index (χ1) is 10.3. The number of nitrogens with zero attached hydrogens (tertiary/aromatic N) is 3. The number of anilines is 1. The van der Waals surface area contributed by atoms with Crippen molar-refractivity contribution in [2.24, 2.45) is 0 Å². The fraction of sp³-hybridized carbons (Fsp3) is 0.467. The average Bonchev–Trinajstić information content (AvgIpc) is 2.73. The Balaban J connectivity index is 1.49. The highest BCUT2D eigenvalue weighted by atomic mass is 32.2. The van der Waals surface area contributed by atoms with Gasteiger partial charge in [0.25, 0.3) is 0 Å². The van der Waals surface area contributed by atoms with Crippen LogP contribution in [0.1, 0.15) is 25.1 Å². The van der Waals surface area contributed by atoms with Crippen molar-refractivity contribution in [3.8, 4) is 0 Å². The molecule has 0 aliphatic carbocycles. The lowest BCUT2D eigenvalue weighted by molar-refractivity contribution is 0.591. The molecule has 0 bridgehead atoms. The molecule has 2 heterocycles. The Morgan fingerprint density at radius 3 is 2.86 bits per heavy atom. The van der Waals surface area contributed by atoms with Gasteiger partial charge in [0.2, 0.25) is 0 Å². The van der Waals surface area contributed by atoms with E-state index in [1.807, 2.05) is 0 Å². The Morgan fingerprint density at radius 1 is 1.14 bits per heavy atom. The molecule has 1 aliphatic heterocycles. The van der Waals surface area contributed by atoms with Gasteiger partial charge >= 0.3 is 0 Å². The van der Waals surface area contributed by atoms with Crippen molar-refractivity contribution in [1.29, 1.82) is 0 Å². The molecule has 0 radical (unpaired) electrons. The Labute approximate surface area is 128 Å². The van der Waals surface area contributed by atoms with Crippen molar-refractivity contribution in [1.82, 2.24) is 14.8 Å². The molecule has 0 amide bonds.